The Morgan fingerprint density at radius 3 is 2.71 bits per heavy atom. The Labute approximate surface area is 132 Å². The molecule has 1 aliphatic rings. The molecule has 1 unspecified atom stereocenters. The number of halogens is 1. The zero-order chi connectivity index (χ0) is 15.5. The van der Waals surface area contributed by atoms with E-state index in [1.165, 1.54) is 5.41 Å². The summed E-state index contributed by atoms with van der Waals surface area (Å²) >= 11 is 6.04. The molecule has 1 heterocycles. The Bertz CT molecular complexity index is 614. The van der Waals surface area contributed by atoms with Gasteiger partial charge < -0.3 is 4.90 Å². The van der Waals surface area contributed by atoms with Crippen LogP contribution in [-0.2, 0) is 10.0 Å². The SMILES string of the molecule is CN(C)C1CCCN(S(=O)(=O)/C=C/c2ccccc2Cl)C1. The van der Waals surface area contributed by atoms with Crippen LogP contribution in [0.5, 0.6) is 0 Å². The summed E-state index contributed by atoms with van der Waals surface area (Å²) < 4.78 is 26.4. The van der Waals surface area contributed by atoms with E-state index in [2.05, 4.69) is 4.90 Å². The number of nitrogens with zero attached hydrogens (tertiary/aromatic N) is 2. The van der Waals surface area contributed by atoms with Crippen molar-refractivity contribution >= 4 is 27.7 Å². The summed E-state index contributed by atoms with van der Waals surface area (Å²) in [5.74, 6) is 0. The molecule has 2 rings (SSSR count). The molecule has 0 radical (unpaired) electrons. The summed E-state index contributed by atoms with van der Waals surface area (Å²) in [5.41, 5.74) is 0.712. The molecule has 1 aromatic rings. The van der Waals surface area contributed by atoms with Crippen LogP contribution >= 0.6 is 11.6 Å². The largest absolute Gasteiger partial charge is 0.305 e. The smallest absolute Gasteiger partial charge is 0.236 e. The van der Waals surface area contributed by atoms with Crippen LogP contribution in [0.25, 0.3) is 6.08 Å². The normalized spacial score (nSPS) is 21.2. The summed E-state index contributed by atoms with van der Waals surface area (Å²) in [4.78, 5) is 2.08. The predicted octanol–water partition coefficient (Wildman–Crippen LogP) is 2.67. The van der Waals surface area contributed by atoms with Gasteiger partial charge in [0.05, 0.1) is 0 Å². The molecule has 0 aromatic heterocycles. The fraction of sp³-hybridized carbons (Fsp3) is 0.467. The van der Waals surface area contributed by atoms with Crippen molar-refractivity contribution < 1.29 is 8.42 Å². The monoisotopic (exact) mass is 328 g/mol. The molecule has 0 saturated carbocycles. The molecule has 116 valence electrons. The second kappa shape index (κ2) is 6.92. The molecule has 1 atom stereocenters. The first-order valence-electron chi connectivity index (χ1n) is 6.99. The molecule has 1 aliphatic heterocycles. The highest BCUT2D eigenvalue weighted by Crippen LogP contribution is 2.20. The molecule has 0 N–H and O–H groups in total. The van der Waals surface area contributed by atoms with Crippen LogP contribution in [0, 0.1) is 0 Å². The molecular formula is C15H21ClN2O2S. The van der Waals surface area contributed by atoms with Crippen LogP contribution in [-0.4, -0.2) is 50.8 Å². The van der Waals surface area contributed by atoms with Gasteiger partial charge in [-0.05, 0) is 44.6 Å². The van der Waals surface area contributed by atoms with E-state index >= 15 is 0 Å². The summed E-state index contributed by atoms with van der Waals surface area (Å²) in [6.07, 6.45) is 3.49. The van der Waals surface area contributed by atoms with Gasteiger partial charge in [-0.15, -0.1) is 0 Å². The van der Waals surface area contributed by atoms with Crippen molar-refractivity contribution in [1.82, 2.24) is 9.21 Å². The van der Waals surface area contributed by atoms with Crippen molar-refractivity contribution in [2.45, 2.75) is 18.9 Å². The lowest BCUT2D eigenvalue weighted by atomic mass is 10.1. The zero-order valence-corrected chi connectivity index (χ0v) is 13.9. The fourth-order valence-electron chi connectivity index (χ4n) is 2.43. The van der Waals surface area contributed by atoms with Gasteiger partial charge >= 0.3 is 0 Å². The first-order valence-corrected chi connectivity index (χ1v) is 8.87. The molecular weight excluding hydrogens is 308 g/mol. The molecule has 0 aliphatic carbocycles. The van der Waals surface area contributed by atoms with Crippen molar-refractivity contribution in [2.24, 2.45) is 0 Å². The van der Waals surface area contributed by atoms with Gasteiger partial charge in [-0.2, -0.15) is 4.31 Å². The Hall–Kier alpha value is -0.880. The summed E-state index contributed by atoms with van der Waals surface area (Å²) in [6, 6.07) is 7.48. The summed E-state index contributed by atoms with van der Waals surface area (Å²) in [5, 5.41) is 1.81. The van der Waals surface area contributed by atoms with Crippen molar-refractivity contribution in [3.63, 3.8) is 0 Å². The number of hydrogen-bond acceptors (Lipinski definition) is 3. The maximum Gasteiger partial charge on any atom is 0.236 e. The minimum Gasteiger partial charge on any atom is -0.305 e. The van der Waals surface area contributed by atoms with E-state index in [4.69, 9.17) is 11.6 Å². The second-order valence-electron chi connectivity index (χ2n) is 5.49. The van der Waals surface area contributed by atoms with Gasteiger partial charge in [-0.3, -0.25) is 0 Å². The highest BCUT2D eigenvalue weighted by molar-refractivity contribution is 7.92. The Morgan fingerprint density at radius 1 is 1.33 bits per heavy atom. The van der Waals surface area contributed by atoms with Crippen LogP contribution in [0.4, 0.5) is 0 Å². The maximum absolute atomic E-state index is 12.4. The zero-order valence-electron chi connectivity index (χ0n) is 12.4. The van der Waals surface area contributed by atoms with Gasteiger partial charge in [-0.25, -0.2) is 8.42 Å². The minimum absolute atomic E-state index is 0.280. The van der Waals surface area contributed by atoms with Gasteiger partial charge in [0, 0.05) is 29.6 Å². The molecule has 21 heavy (non-hydrogen) atoms. The van der Waals surface area contributed by atoms with E-state index in [0.29, 0.717) is 23.7 Å². The van der Waals surface area contributed by atoms with Crippen LogP contribution in [0.1, 0.15) is 18.4 Å². The van der Waals surface area contributed by atoms with Crippen molar-refractivity contribution in [3.8, 4) is 0 Å². The van der Waals surface area contributed by atoms with Crippen molar-refractivity contribution in [3.05, 3.63) is 40.3 Å². The number of piperidine rings is 1. The molecule has 4 nitrogen and oxygen atoms in total. The quantitative estimate of drug-likeness (QED) is 0.853. The number of rotatable bonds is 4. The Morgan fingerprint density at radius 2 is 2.05 bits per heavy atom. The van der Waals surface area contributed by atoms with Gasteiger partial charge in [-0.1, -0.05) is 29.8 Å². The van der Waals surface area contributed by atoms with E-state index in [1.807, 2.05) is 26.2 Å². The summed E-state index contributed by atoms with van der Waals surface area (Å²) in [7, 11) is 0.576. The molecule has 1 aromatic carbocycles. The fourth-order valence-corrected chi connectivity index (χ4v) is 3.88. The average Bonchev–Trinajstić information content (AvgIpc) is 2.46. The molecule has 0 amide bonds. The van der Waals surface area contributed by atoms with E-state index in [1.54, 1.807) is 22.5 Å². The number of hydrogen-bond donors (Lipinski definition) is 0. The van der Waals surface area contributed by atoms with Gasteiger partial charge in [0.15, 0.2) is 0 Å². The van der Waals surface area contributed by atoms with Gasteiger partial charge in [0.2, 0.25) is 10.0 Å². The lowest BCUT2D eigenvalue weighted by molar-refractivity contribution is 0.191. The molecule has 0 bridgehead atoms. The van der Waals surface area contributed by atoms with E-state index in [-0.39, 0.29) is 6.04 Å². The Balaban J connectivity index is 2.13. The first-order chi connectivity index (χ1) is 9.90. The third-order valence-corrected chi connectivity index (χ3v) is 5.65. The van der Waals surface area contributed by atoms with E-state index < -0.39 is 10.0 Å². The molecule has 0 spiro atoms. The lowest BCUT2D eigenvalue weighted by Crippen LogP contribution is -2.46. The standard InChI is InChI=1S/C15H21ClN2O2S/c1-17(2)14-7-5-10-18(12-14)21(19,20)11-9-13-6-3-4-8-15(13)16/h3-4,6,8-9,11,14H,5,7,10,12H2,1-2H3/b11-9+. The van der Waals surface area contributed by atoms with Crippen molar-refractivity contribution in [1.29, 1.82) is 0 Å². The molecule has 6 heteroatoms. The number of sulfonamides is 1. The van der Waals surface area contributed by atoms with Crippen molar-refractivity contribution in [2.75, 3.05) is 27.2 Å². The predicted molar refractivity (Wildman–Crippen MR) is 87.7 cm³/mol. The van der Waals surface area contributed by atoms with Gasteiger partial charge in [0.1, 0.15) is 0 Å². The third kappa shape index (κ3) is 4.30. The molecule has 1 saturated heterocycles. The third-order valence-electron chi connectivity index (χ3n) is 3.77. The highest BCUT2D eigenvalue weighted by Gasteiger charge is 2.28. The van der Waals surface area contributed by atoms with Crippen LogP contribution < -0.4 is 0 Å². The van der Waals surface area contributed by atoms with E-state index in [0.717, 1.165) is 12.8 Å². The maximum atomic E-state index is 12.4. The number of likely N-dealkylation sites (N-methyl/N-ethyl adjacent to an activating group) is 1. The average molecular weight is 329 g/mol. The topological polar surface area (TPSA) is 40.6 Å². The minimum atomic E-state index is -3.40. The Kier molecular flexibility index (Phi) is 5.43. The lowest BCUT2D eigenvalue weighted by Gasteiger charge is -2.34. The van der Waals surface area contributed by atoms with E-state index in [9.17, 15) is 8.42 Å². The van der Waals surface area contributed by atoms with Gasteiger partial charge in [0.25, 0.3) is 0 Å². The summed E-state index contributed by atoms with van der Waals surface area (Å²) in [6.45, 7) is 1.13. The van der Waals surface area contributed by atoms with Crippen LogP contribution in [0.2, 0.25) is 5.02 Å². The highest BCUT2D eigenvalue weighted by atomic mass is 35.5. The molecule has 1 fully saturated rings. The van der Waals surface area contributed by atoms with Crippen LogP contribution in [0.3, 0.4) is 0 Å². The second-order valence-corrected chi connectivity index (χ2v) is 7.71. The number of benzene rings is 1. The van der Waals surface area contributed by atoms with Crippen LogP contribution in [0.15, 0.2) is 29.7 Å². The first kappa shape index (κ1) is 16.5.